The molecule has 0 fully saturated rings. The molecule has 1 rings (SSSR count). The summed E-state index contributed by atoms with van der Waals surface area (Å²) in [6.45, 7) is 0.0657. The Balaban J connectivity index is 3.03. The molecular formula is C13H17NO6S. The molecule has 0 saturated carbocycles. The van der Waals surface area contributed by atoms with Crippen molar-refractivity contribution in [1.29, 1.82) is 0 Å². The Labute approximate surface area is 123 Å². The van der Waals surface area contributed by atoms with Gasteiger partial charge >= 0.3 is 5.97 Å². The van der Waals surface area contributed by atoms with Gasteiger partial charge < -0.3 is 14.6 Å². The zero-order chi connectivity index (χ0) is 15.9. The van der Waals surface area contributed by atoms with E-state index in [-0.39, 0.29) is 18.0 Å². The number of hydrogen-bond acceptors (Lipinski definition) is 5. The Morgan fingerprint density at radius 2 is 2.10 bits per heavy atom. The normalized spacial score (nSPS) is 11.5. The van der Waals surface area contributed by atoms with Crippen molar-refractivity contribution in [3.63, 3.8) is 0 Å². The van der Waals surface area contributed by atoms with Crippen LogP contribution in [0.3, 0.4) is 0 Å². The van der Waals surface area contributed by atoms with E-state index in [4.69, 9.17) is 14.6 Å². The molecule has 2 N–H and O–H groups in total. The summed E-state index contributed by atoms with van der Waals surface area (Å²) in [7, 11) is -0.751. The maximum Gasteiger partial charge on any atom is 0.328 e. The molecule has 0 unspecified atom stereocenters. The van der Waals surface area contributed by atoms with Crippen molar-refractivity contribution in [2.75, 3.05) is 31.3 Å². The van der Waals surface area contributed by atoms with Gasteiger partial charge in [0, 0.05) is 13.2 Å². The van der Waals surface area contributed by atoms with Gasteiger partial charge in [-0.05, 0) is 23.8 Å². The van der Waals surface area contributed by atoms with E-state index in [9.17, 15) is 13.2 Å². The quantitative estimate of drug-likeness (QED) is 0.698. The van der Waals surface area contributed by atoms with E-state index in [0.29, 0.717) is 11.3 Å². The minimum Gasteiger partial charge on any atom is -0.495 e. The number of carboxylic acid groups (broad SMARTS) is 1. The van der Waals surface area contributed by atoms with Gasteiger partial charge in [0.1, 0.15) is 5.75 Å². The standard InChI is InChI=1S/C13H17NO6S/c1-19-7-8-21(17,18)14-11-9-10(4-6-13(15)16)3-5-12(11)20-2/h3-6,9,14H,7-8H2,1-2H3,(H,15,16). The van der Waals surface area contributed by atoms with Gasteiger partial charge in [-0.3, -0.25) is 4.72 Å². The largest absolute Gasteiger partial charge is 0.495 e. The predicted molar refractivity (Wildman–Crippen MR) is 78.9 cm³/mol. The Hall–Kier alpha value is -2.06. The number of carbonyl (C=O) groups is 1. The number of nitrogens with one attached hydrogen (secondary N) is 1. The molecule has 0 saturated heterocycles. The molecule has 0 aliphatic carbocycles. The average molecular weight is 315 g/mol. The minimum atomic E-state index is -3.57. The van der Waals surface area contributed by atoms with Crippen LogP contribution in [0.5, 0.6) is 5.75 Å². The molecule has 0 bridgehead atoms. The monoisotopic (exact) mass is 315 g/mol. The maximum absolute atomic E-state index is 11.8. The lowest BCUT2D eigenvalue weighted by Crippen LogP contribution is -2.20. The lowest BCUT2D eigenvalue weighted by molar-refractivity contribution is -0.131. The first-order valence-electron chi connectivity index (χ1n) is 5.96. The van der Waals surface area contributed by atoms with Gasteiger partial charge in [-0.15, -0.1) is 0 Å². The number of rotatable bonds is 8. The molecule has 0 heterocycles. The van der Waals surface area contributed by atoms with Crippen molar-refractivity contribution in [2.24, 2.45) is 0 Å². The second-order valence-electron chi connectivity index (χ2n) is 4.05. The molecule has 0 aromatic heterocycles. The van der Waals surface area contributed by atoms with E-state index < -0.39 is 16.0 Å². The fourth-order valence-electron chi connectivity index (χ4n) is 1.49. The van der Waals surface area contributed by atoms with Gasteiger partial charge in [-0.25, -0.2) is 13.2 Å². The van der Waals surface area contributed by atoms with Crippen molar-refractivity contribution in [3.05, 3.63) is 29.8 Å². The van der Waals surface area contributed by atoms with Crippen LogP contribution in [0.2, 0.25) is 0 Å². The highest BCUT2D eigenvalue weighted by Gasteiger charge is 2.13. The third-order valence-electron chi connectivity index (χ3n) is 2.46. The molecular weight excluding hydrogens is 298 g/mol. The van der Waals surface area contributed by atoms with E-state index in [1.165, 1.54) is 26.4 Å². The summed E-state index contributed by atoms with van der Waals surface area (Å²) >= 11 is 0. The van der Waals surface area contributed by atoms with Gasteiger partial charge in [0.25, 0.3) is 0 Å². The van der Waals surface area contributed by atoms with Gasteiger partial charge in [-0.1, -0.05) is 6.07 Å². The molecule has 7 nitrogen and oxygen atoms in total. The second-order valence-corrected chi connectivity index (χ2v) is 5.89. The van der Waals surface area contributed by atoms with Crippen LogP contribution in [0.1, 0.15) is 5.56 Å². The van der Waals surface area contributed by atoms with Crippen molar-refractivity contribution in [2.45, 2.75) is 0 Å². The lowest BCUT2D eigenvalue weighted by atomic mass is 10.2. The fraction of sp³-hybridized carbons (Fsp3) is 0.308. The Kier molecular flexibility index (Phi) is 6.19. The van der Waals surface area contributed by atoms with Crippen LogP contribution in [0.15, 0.2) is 24.3 Å². The maximum atomic E-state index is 11.8. The molecule has 1 aromatic carbocycles. The van der Waals surface area contributed by atoms with Crippen LogP contribution in [-0.2, 0) is 19.6 Å². The van der Waals surface area contributed by atoms with Crippen LogP contribution in [-0.4, -0.2) is 46.1 Å². The van der Waals surface area contributed by atoms with Crippen molar-refractivity contribution >= 4 is 27.8 Å². The zero-order valence-electron chi connectivity index (χ0n) is 11.7. The summed E-state index contributed by atoms with van der Waals surface area (Å²) in [6, 6.07) is 4.66. The Morgan fingerprint density at radius 3 is 2.67 bits per heavy atom. The molecule has 116 valence electrons. The third-order valence-corrected chi connectivity index (χ3v) is 3.70. The highest BCUT2D eigenvalue weighted by Crippen LogP contribution is 2.27. The molecule has 0 amide bonds. The number of benzene rings is 1. The minimum absolute atomic E-state index is 0.0657. The number of anilines is 1. The first-order chi connectivity index (χ1) is 9.88. The summed E-state index contributed by atoms with van der Waals surface area (Å²) in [5, 5.41) is 8.59. The van der Waals surface area contributed by atoms with E-state index in [1.807, 2.05) is 0 Å². The van der Waals surface area contributed by atoms with Crippen LogP contribution in [0.4, 0.5) is 5.69 Å². The number of ether oxygens (including phenoxy) is 2. The van der Waals surface area contributed by atoms with Gasteiger partial charge in [0.05, 0.1) is 25.2 Å². The van der Waals surface area contributed by atoms with Gasteiger partial charge in [-0.2, -0.15) is 0 Å². The Bertz CT molecular complexity index is 624. The molecule has 0 aliphatic rings. The summed E-state index contributed by atoms with van der Waals surface area (Å²) in [5.74, 6) is -0.946. The number of sulfonamides is 1. The van der Waals surface area contributed by atoms with Gasteiger partial charge in [0.2, 0.25) is 10.0 Å². The van der Waals surface area contributed by atoms with Crippen molar-refractivity contribution in [1.82, 2.24) is 0 Å². The van der Waals surface area contributed by atoms with Crippen LogP contribution >= 0.6 is 0 Å². The molecule has 21 heavy (non-hydrogen) atoms. The van der Waals surface area contributed by atoms with E-state index in [0.717, 1.165) is 6.08 Å². The fourth-order valence-corrected chi connectivity index (χ4v) is 2.47. The highest BCUT2D eigenvalue weighted by molar-refractivity contribution is 7.92. The lowest BCUT2D eigenvalue weighted by Gasteiger charge is -2.12. The Morgan fingerprint density at radius 1 is 1.38 bits per heavy atom. The summed E-state index contributed by atoms with van der Waals surface area (Å²) < 4.78 is 35.9. The second kappa shape index (κ2) is 7.65. The molecule has 1 aromatic rings. The van der Waals surface area contributed by atoms with Crippen LogP contribution < -0.4 is 9.46 Å². The number of aliphatic carboxylic acids is 1. The zero-order valence-corrected chi connectivity index (χ0v) is 12.5. The number of hydrogen-bond donors (Lipinski definition) is 2. The van der Waals surface area contributed by atoms with Gasteiger partial charge in [0.15, 0.2) is 0 Å². The molecule has 0 aliphatic heterocycles. The van der Waals surface area contributed by atoms with E-state index in [1.54, 1.807) is 12.1 Å². The first-order valence-corrected chi connectivity index (χ1v) is 7.61. The topological polar surface area (TPSA) is 102 Å². The SMILES string of the molecule is COCCS(=O)(=O)Nc1cc(C=CC(=O)O)ccc1OC. The predicted octanol–water partition coefficient (Wildman–Crippen LogP) is 1.18. The molecule has 0 radical (unpaired) electrons. The van der Waals surface area contributed by atoms with Crippen molar-refractivity contribution < 1.29 is 27.8 Å². The first kappa shape index (κ1) is 17.0. The summed E-state index contributed by atoms with van der Waals surface area (Å²) in [4.78, 5) is 10.5. The average Bonchev–Trinajstić information content (AvgIpc) is 2.43. The molecule has 0 atom stereocenters. The van der Waals surface area contributed by atoms with Crippen LogP contribution in [0, 0.1) is 0 Å². The third kappa shape index (κ3) is 5.84. The molecule has 8 heteroatoms. The van der Waals surface area contributed by atoms with E-state index in [2.05, 4.69) is 4.72 Å². The summed E-state index contributed by atoms with van der Waals surface area (Å²) in [5.41, 5.74) is 0.767. The van der Waals surface area contributed by atoms with Crippen molar-refractivity contribution in [3.8, 4) is 5.75 Å². The van der Waals surface area contributed by atoms with E-state index >= 15 is 0 Å². The smallest absolute Gasteiger partial charge is 0.328 e. The highest BCUT2D eigenvalue weighted by atomic mass is 32.2. The summed E-state index contributed by atoms with van der Waals surface area (Å²) in [6.07, 6.45) is 2.32. The number of methoxy groups -OCH3 is 2. The van der Waals surface area contributed by atoms with Crippen LogP contribution in [0.25, 0.3) is 6.08 Å². The molecule has 0 spiro atoms. The number of carboxylic acids is 1.